The molecule has 1 aliphatic heterocycles. The number of para-hydroxylation sites is 3. The molecule has 408 valence electrons. The van der Waals surface area contributed by atoms with Crippen molar-refractivity contribution in [2.75, 3.05) is 0 Å². The van der Waals surface area contributed by atoms with Gasteiger partial charge in [0.15, 0.2) is 0 Å². The van der Waals surface area contributed by atoms with Crippen LogP contribution in [0, 0.1) is 6.33 Å². The van der Waals surface area contributed by atoms with Crippen molar-refractivity contribution in [1.82, 2.24) is 14.1 Å². The molecule has 0 aliphatic carbocycles. The summed E-state index contributed by atoms with van der Waals surface area (Å²) in [4.78, 5) is 4.96. The second kappa shape index (κ2) is 18.9. The maximum absolute atomic E-state index is 7.03. The summed E-state index contributed by atoms with van der Waals surface area (Å²) in [6, 6.07) is 79.6. The quantitative estimate of drug-likeness (QED) is 0.123. The first-order valence-electron chi connectivity index (χ1n) is 29.2. The first-order valence-corrected chi connectivity index (χ1v) is 29.2. The highest BCUT2D eigenvalue weighted by molar-refractivity contribution is 6.10. The molecule has 1 aliphatic rings. The topological polar surface area (TPSA) is 49.0 Å². The van der Waals surface area contributed by atoms with Crippen LogP contribution in [-0.2, 0) is 16.2 Å². The highest BCUT2D eigenvalue weighted by Crippen LogP contribution is 2.48. The monoisotopic (exact) mass is 1090 g/mol. The lowest BCUT2D eigenvalue weighted by molar-refractivity contribution is -0.570. The lowest BCUT2D eigenvalue weighted by Gasteiger charge is -2.24. The Bertz CT molecular complexity index is 4990. The van der Waals surface area contributed by atoms with E-state index in [4.69, 9.17) is 14.1 Å². The number of ether oxygens (including phenoxy) is 1. The van der Waals surface area contributed by atoms with Crippen molar-refractivity contribution in [1.29, 1.82) is 0 Å². The maximum Gasteiger partial charge on any atom is 0.269 e. The van der Waals surface area contributed by atoms with E-state index in [1.54, 1.807) is 0 Å². The van der Waals surface area contributed by atoms with Crippen LogP contribution in [0.5, 0.6) is 11.5 Å². The molecule has 0 radical (unpaired) electrons. The Morgan fingerprint density at radius 3 is 1.83 bits per heavy atom. The fourth-order valence-electron chi connectivity index (χ4n) is 12.8. The van der Waals surface area contributed by atoms with E-state index in [0.29, 0.717) is 5.75 Å². The number of hydrogen-bond acceptors (Lipinski definition) is 3. The van der Waals surface area contributed by atoms with Crippen LogP contribution in [0.3, 0.4) is 0 Å². The summed E-state index contributed by atoms with van der Waals surface area (Å²) in [5.74, 6) is 2.30. The molecule has 0 N–H and O–H groups in total. The average molecular weight is 1090 g/mol. The number of pyridine rings is 1. The van der Waals surface area contributed by atoms with E-state index < -0.39 is 0 Å². The second-order valence-electron chi connectivity index (χ2n) is 25.8. The fourth-order valence-corrected chi connectivity index (χ4v) is 12.8. The summed E-state index contributed by atoms with van der Waals surface area (Å²) in [5, 5.41) is 4.47. The molecule has 0 saturated carbocycles. The van der Waals surface area contributed by atoms with Crippen LogP contribution in [0.1, 0.15) is 79.0 Å². The van der Waals surface area contributed by atoms with E-state index in [0.717, 1.165) is 117 Å². The van der Waals surface area contributed by atoms with Crippen molar-refractivity contribution in [3.05, 3.63) is 248 Å². The number of fused-ring (bicyclic) bond motifs is 13. The zero-order valence-electron chi connectivity index (χ0n) is 49.0. The van der Waals surface area contributed by atoms with Gasteiger partial charge in [-0.15, -0.1) is 0 Å². The molecular formula is C78H64N4O2. The van der Waals surface area contributed by atoms with Crippen LogP contribution >= 0.6 is 0 Å². The van der Waals surface area contributed by atoms with Gasteiger partial charge < -0.3 is 9.15 Å². The van der Waals surface area contributed by atoms with Crippen molar-refractivity contribution >= 4 is 54.8 Å². The number of imidazole rings is 1. The molecular weight excluding hydrogens is 1020 g/mol. The standard InChI is InChI=1S/C78H64N4O2/c1-76(2,3)51-31-28-48(29-32-51)57-24-17-25-64-65-43-52(77(4,5)6)33-35-60(65)58-20-10-11-21-59(58)67-41-50(49-30-37-72-66(40-49)63-23-13-15-27-71(63)84-72)42-70-75(67)81(74(57)64)47-80(70)54-18-16-19-55(45-54)83-56-34-36-62-61-22-12-14-26-68(61)82(69(62)46-56)73-44-53(38-39-79-73)78(7,8)9/h10-46H,1-9H3. The lowest BCUT2D eigenvalue weighted by atomic mass is 9.81. The predicted octanol–water partition coefficient (Wildman–Crippen LogP) is 20.4. The van der Waals surface area contributed by atoms with Crippen molar-refractivity contribution in [3.8, 4) is 84.3 Å². The number of nitrogens with zero attached hydrogens (tertiary/aromatic N) is 4. The van der Waals surface area contributed by atoms with Gasteiger partial charge in [0.2, 0.25) is 0 Å². The van der Waals surface area contributed by atoms with Crippen molar-refractivity contribution in [3.63, 3.8) is 0 Å². The summed E-state index contributed by atoms with van der Waals surface area (Å²) in [6.07, 6.45) is 6.03. The van der Waals surface area contributed by atoms with E-state index >= 15 is 0 Å². The van der Waals surface area contributed by atoms with Gasteiger partial charge in [-0.25, -0.2) is 4.98 Å². The first kappa shape index (κ1) is 51.1. The van der Waals surface area contributed by atoms with Crippen LogP contribution < -0.4 is 9.30 Å². The van der Waals surface area contributed by atoms with Gasteiger partial charge in [0, 0.05) is 33.8 Å². The van der Waals surface area contributed by atoms with Gasteiger partial charge in [0.25, 0.3) is 6.33 Å². The van der Waals surface area contributed by atoms with E-state index in [1.807, 2.05) is 24.4 Å². The molecule has 5 heterocycles. The zero-order chi connectivity index (χ0) is 57.4. The highest BCUT2D eigenvalue weighted by Gasteiger charge is 2.29. The second-order valence-corrected chi connectivity index (χ2v) is 25.8. The molecule has 0 atom stereocenters. The van der Waals surface area contributed by atoms with E-state index in [1.165, 1.54) is 33.4 Å². The number of rotatable bonds is 6. The Morgan fingerprint density at radius 2 is 1.04 bits per heavy atom. The van der Waals surface area contributed by atoms with E-state index in [9.17, 15) is 0 Å². The normalized spacial score (nSPS) is 12.6. The van der Waals surface area contributed by atoms with Gasteiger partial charge in [0.05, 0.1) is 33.4 Å². The Hall–Kier alpha value is -9.78. The summed E-state index contributed by atoms with van der Waals surface area (Å²) >= 11 is 0. The zero-order valence-corrected chi connectivity index (χ0v) is 49.0. The molecule has 10 aromatic carbocycles. The number of benzene rings is 10. The van der Waals surface area contributed by atoms with E-state index in [2.05, 4.69) is 283 Å². The Morgan fingerprint density at radius 1 is 0.405 bits per heavy atom. The third-order valence-corrected chi connectivity index (χ3v) is 17.3. The Kier molecular flexibility index (Phi) is 11.5. The van der Waals surface area contributed by atoms with Gasteiger partial charge in [-0.3, -0.25) is 13.7 Å². The van der Waals surface area contributed by atoms with Gasteiger partial charge in [-0.1, -0.05) is 202 Å². The van der Waals surface area contributed by atoms with Crippen molar-refractivity contribution in [2.45, 2.75) is 78.6 Å². The van der Waals surface area contributed by atoms with Crippen molar-refractivity contribution < 1.29 is 13.7 Å². The minimum atomic E-state index is -0.102. The molecule has 0 spiro atoms. The number of furan rings is 1. The van der Waals surface area contributed by atoms with Crippen LogP contribution in [0.15, 0.2) is 229 Å². The van der Waals surface area contributed by atoms with Gasteiger partial charge in [-0.2, -0.15) is 0 Å². The third-order valence-electron chi connectivity index (χ3n) is 17.3. The largest absolute Gasteiger partial charge is 0.458 e. The summed E-state index contributed by atoms with van der Waals surface area (Å²) in [7, 11) is 0. The molecule has 84 heavy (non-hydrogen) atoms. The fraction of sp³-hybridized carbons (Fsp3) is 0.154. The van der Waals surface area contributed by atoms with Gasteiger partial charge in [-0.05, 0) is 161 Å². The SMILES string of the molecule is CC(C)(C)c1ccc(-c2cccc3c2-[n+]2[c-]n(-c4cccc(Oc5ccc6c7ccccc7n(-c7cc(C(C)(C)C)ccn7)c6c5)c4)c4cc(-c5ccc6oc7ccccc7c6c5)cc(c42)-c2ccccc2-c2ccc(C(C)(C)C)cc2-3)cc1. The maximum atomic E-state index is 7.03. The highest BCUT2D eigenvalue weighted by atomic mass is 16.5. The van der Waals surface area contributed by atoms with E-state index in [-0.39, 0.29) is 16.2 Å². The molecule has 6 nitrogen and oxygen atoms in total. The minimum absolute atomic E-state index is 0.00501. The molecule has 0 unspecified atom stereocenters. The van der Waals surface area contributed by atoms with Crippen LogP contribution in [0.4, 0.5) is 0 Å². The van der Waals surface area contributed by atoms with Crippen LogP contribution in [0.25, 0.3) is 128 Å². The first-order chi connectivity index (χ1) is 40.5. The molecule has 0 saturated heterocycles. The smallest absolute Gasteiger partial charge is 0.269 e. The molecule has 14 aromatic rings. The number of aromatic nitrogens is 4. The number of hydrogen-bond donors (Lipinski definition) is 0. The van der Waals surface area contributed by atoms with Crippen LogP contribution in [0.2, 0.25) is 0 Å². The lowest BCUT2D eigenvalue weighted by Crippen LogP contribution is -2.32. The van der Waals surface area contributed by atoms with Gasteiger partial charge >= 0.3 is 0 Å². The molecule has 6 heteroatoms. The van der Waals surface area contributed by atoms with Crippen molar-refractivity contribution in [2.24, 2.45) is 0 Å². The van der Waals surface area contributed by atoms with Crippen LogP contribution in [-0.4, -0.2) is 14.1 Å². The Balaban J connectivity index is 0.984. The Labute approximate surface area is 490 Å². The molecule has 15 rings (SSSR count). The summed E-state index contributed by atoms with van der Waals surface area (Å²) in [6.45, 7) is 20.5. The summed E-state index contributed by atoms with van der Waals surface area (Å²) in [5.41, 5.74) is 22.8. The van der Waals surface area contributed by atoms with Gasteiger partial charge in [0.1, 0.15) is 28.5 Å². The predicted molar refractivity (Wildman–Crippen MR) is 346 cm³/mol. The molecule has 0 bridgehead atoms. The average Bonchev–Trinajstić information content (AvgIpc) is 1.84. The molecule has 0 amide bonds. The third kappa shape index (κ3) is 8.45. The molecule has 0 fully saturated rings. The summed E-state index contributed by atoms with van der Waals surface area (Å²) < 4.78 is 20.3. The molecule has 4 aromatic heterocycles. The minimum Gasteiger partial charge on any atom is -0.458 e.